The predicted octanol–water partition coefficient (Wildman–Crippen LogP) is 2.21. The van der Waals surface area contributed by atoms with Crippen LogP contribution in [0, 0.1) is 13.8 Å². The Labute approximate surface area is 112 Å². The number of aryl methyl sites for hydroxylation is 2. The fourth-order valence-electron chi connectivity index (χ4n) is 2.26. The van der Waals surface area contributed by atoms with Crippen LogP contribution in [0.25, 0.3) is 0 Å². The third-order valence-corrected chi connectivity index (χ3v) is 5.93. The molecule has 0 radical (unpaired) electrons. The summed E-state index contributed by atoms with van der Waals surface area (Å²) in [5, 5.41) is 0. The summed E-state index contributed by atoms with van der Waals surface area (Å²) in [5.74, 6) is 0. The molecule has 2 unspecified atom stereocenters. The molecule has 2 rings (SSSR count). The molecule has 0 aliphatic carbocycles. The average Bonchev–Trinajstić information content (AvgIpc) is 2.86. The quantitative estimate of drug-likeness (QED) is 0.924. The lowest BCUT2D eigenvalue weighted by Gasteiger charge is -2.19. The van der Waals surface area contributed by atoms with E-state index in [-0.39, 0.29) is 12.1 Å². The highest BCUT2D eigenvalue weighted by Crippen LogP contribution is 2.25. The molecular formula is C12H19NO3S2. The van der Waals surface area contributed by atoms with E-state index in [1.54, 1.807) is 6.07 Å². The maximum absolute atomic E-state index is 12.3. The van der Waals surface area contributed by atoms with Gasteiger partial charge in [-0.15, -0.1) is 11.3 Å². The summed E-state index contributed by atoms with van der Waals surface area (Å²) in [6.07, 6.45) is 1.93. The first-order valence-corrected chi connectivity index (χ1v) is 8.41. The van der Waals surface area contributed by atoms with Crippen molar-refractivity contribution >= 4 is 21.4 Å². The van der Waals surface area contributed by atoms with E-state index in [1.807, 2.05) is 20.8 Å². The van der Waals surface area contributed by atoms with Crippen LogP contribution in [-0.4, -0.2) is 27.2 Å². The van der Waals surface area contributed by atoms with Crippen LogP contribution in [0.1, 0.15) is 29.5 Å². The second-order valence-electron chi connectivity index (χ2n) is 4.74. The molecule has 1 aromatic rings. The zero-order valence-electron chi connectivity index (χ0n) is 10.9. The van der Waals surface area contributed by atoms with E-state index < -0.39 is 10.0 Å². The Balaban J connectivity index is 2.14. The molecule has 1 aliphatic heterocycles. The van der Waals surface area contributed by atoms with Gasteiger partial charge in [-0.1, -0.05) is 0 Å². The number of nitrogens with one attached hydrogen (secondary N) is 1. The maximum Gasteiger partial charge on any atom is 0.242 e. The molecule has 1 N–H and O–H groups in total. The zero-order chi connectivity index (χ0) is 13.3. The Morgan fingerprint density at radius 2 is 2.22 bits per heavy atom. The van der Waals surface area contributed by atoms with E-state index in [0.29, 0.717) is 4.90 Å². The van der Waals surface area contributed by atoms with Crippen LogP contribution in [0.4, 0.5) is 0 Å². The molecule has 0 saturated carbocycles. The molecule has 0 amide bonds. The van der Waals surface area contributed by atoms with Crippen LogP contribution in [0.15, 0.2) is 11.0 Å². The molecule has 1 aliphatic rings. The Bertz CT molecular complexity index is 515. The average molecular weight is 289 g/mol. The van der Waals surface area contributed by atoms with Gasteiger partial charge in [0.15, 0.2) is 0 Å². The van der Waals surface area contributed by atoms with E-state index in [9.17, 15) is 8.42 Å². The van der Waals surface area contributed by atoms with Gasteiger partial charge in [-0.05, 0) is 39.7 Å². The van der Waals surface area contributed by atoms with Gasteiger partial charge in [-0.25, -0.2) is 13.1 Å². The summed E-state index contributed by atoms with van der Waals surface area (Å²) in [6.45, 7) is 6.35. The fourth-order valence-corrected chi connectivity index (χ4v) is 5.08. The molecule has 18 heavy (non-hydrogen) atoms. The molecule has 0 spiro atoms. The summed E-state index contributed by atoms with van der Waals surface area (Å²) in [7, 11) is -3.43. The minimum absolute atomic E-state index is 0.000172. The maximum atomic E-state index is 12.3. The summed E-state index contributed by atoms with van der Waals surface area (Å²) in [4.78, 5) is 2.24. The normalized spacial score (nSPS) is 22.3. The first-order chi connectivity index (χ1) is 8.40. The number of hydrogen-bond donors (Lipinski definition) is 1. The van der Waals surface area contributed by atoms with Crippen molar-refractivity contribution in [2.24, 2.45) is 0 Å². The van der Waals surface area contributed by atoms with Gasteiger partial charge in [-0.2, -0.15) is 0 Å². The van der Waals surface area contributed by atoms with Gasteiger partial charge in [0.1, 0.15) is 0 Å². The molecule has 1 saturated heterocycles. The second-order valence-corrected chi connectivity index (χ2v) is 7.88. The van der Waals surface area contributed by atoms with Crippen molar-refractivity contribution in [2.45, 2.75) is 50.7 Å². The number of rotatable bonds is 4. The third kappa shape index (κ3) is 2.93. The van der Waals surface area contributed by atoms with E-state index >= 15 is 0 Å². The van der Waals surface area contributed by atoms with Gasteiger partial charge in [0, 0.05) is 22.4 Å². The summed E-state index contributed by atoms with van der Waals surface area (Å²) in [6, 6.07) is 1.54. The van der Waals surface area contributed by atoms with Gasteiger partial charge in [0.05, 0.1) is 11.0 Å². The van der Waals surface area contributed by atoms with Gasteiger partial charge < -0.3 is 4.74 Å². The Kier molecular flexibility index (Phi) is 4.11. The Morgan fingerprint density at radius 3 is 2.72 bits per heavy atom. The zero-order valence-corrected chi connectivity index (χ0v) is 12.5. The molecule has 0 bridgehead atoms. The van der Waals surface area contributed by atoms with Gasteiger partial charge >= 0.3 is 0 Å². The topological polar surface area (TPSA) is 55.4 Å². The number of ether oxygens (including phenoxy) is 1. The number of sulfonamides is 1. The van der Waals surface area contributed by atoms with Crippen molar-refractivity contribution < 1.29 is 13.2 Å². The molecule has 2 atom stereocenters. The van der Waals surface area contributed by atoms with E-state index in [2.05, 4.69) is 4.72 Å². The fraction of sp³-hybridized carbons (Fsp3) is 0.667. The predicted molar refractivity (Wildman–Crippen MR) is 72.6 cm³/mol. The van der Waals surface area contributed by atoms with Crippen LogP contribution in [0.5, 0.6) is 0 Å². The monoisotopic (exact) mass is 289 g/mol. The molecular weight excluding hydrogens is 270 g/mol. The Hall–Kier alpha value is -0.430. The van der Waals surface area contributed by atoms with Crippen molar-refractivity contribution in [3.63, 3.8) is 0 Å². The van der Waals surface area contributed by atoms with Crippen LogP contribution >= 0.6 is 11.3 Å². The molecule has 2 heterocycles. The Morgan fingerprint density at radius 1 is 1.50 bits per heavy atom. The van der Waals surface area contributed by atoms with Crippen LogP contribution in [0.3, 0.4) is 0 Å². The molecule has 4 nitrogen and oxygen atoms in total. The summed E-state index contributed by atoms with van der Waals surface area (Å²) < 4.78 is 32.8. The van der Waals surface area contributed by atoms with E-state index in [0.717, 1.165) is 29.2 Å². The van der Waals surface area contributed by atoms with Gasteiger partial charge in [0.2, 0.25) is 10.0 Å². The first kappa shape index (κ1) is 14.0. The SMILES string of the molecule is Cc1cc(S(=O)(=O)NC(C)C2CCCO2)c(C)s1. The number of thiophene rings is 1. The molecule has 0 aromatic carbocycles. The lowest BCUT2D eigenvalue weighted by atomic mass is 10.1. The van der Waals surface area contributed by atoms with Crippen LogP contribution in [-0.2, 0) is 14.8 Å². The highest BCUT2D eigenvalue weighted by Gasteiger charge is 2.28. The molecule has 1 aromatic heterocycles. The summed E-state index contributed by atoms with van der Waals surface area (Å²) in [5.41, 5.74) is 0. The minimum atomic E-state index is -3.43. The van der Waals surface area contributed by atoms with E-state index in [1.165, 1.54) is 11.3 Å². The minimum Gasteiger partial charge on any atom is -0.377 e. The highest BCUT2D eigenvalue weighted by molar-refractivity contribution is 7.89. The van der Waals surface area contributed by atoms with Gasteiger partial charge in [-0.3, -0.25) is 0 Å². The van der Waals surface area contributed by atoms with E-state index in [4.69, 9.17) is 4.74 Å². The van der Waals surface area contributed by atoms with Crippen LogP contribution in [0.2, 0.25) is 0 Å². The standard InChI is InChI=1S/C12H19NO3S2/c1-8-7-12(10(3)17-8)18(14,15)13-9(2)11-5-4-6-16-11/h7,9,11,13H,4-6H2,1-3H3. The van der Waals surface area contributed by atoms with Crippen molar-refractivity contribution in [1.82, 2.24) is 4.72 Å². The van der Waals surface area contributed by atoms with Crippen molar-refractivity contribution in [3.05, 3.63) is 15.8 Å². The van der Waals surface area contributed by atoms with Crippen molar-refractivity contribution in [3.8, 4) is 0 Å². The second kappa shape index (κ2) is 5.28. The lowest BCUT2D eigenvalue weighted by Crippen LogP contribution is -2.40. The lowest BCUT2D eigenvalue weighted by molar-refractivity contribution is 0.0902. The van der Waals surface area contributed by atoms with Crippen LogP contribution < -0.4 is 4.72 Å². The first-order valence-electron chi connectivity index (χ1n) is 6.11. The van der Waals surface area contributed by atoms with Crippen molar-refractivity contribution in [2.75, 3.05) is 6.61 Å². The third-order valence-electron chi connectivity index (χ3n) is 3.15. The molecule has 102 valence electrons. The number of hydrogen-bond acceptors (Lipinski definition) is 4. The van der Waals surface area contributed by atoms with Gasteiger partial charge in [0.25, 0.3) is 0 Å². The summed E-state index contributed by atoms with van der Waals surface area (Å²) >= 11 is 1.51. The van der Waals surface area contributed by atoms with Crippen molar-refractivity contribution in [1.29, 1.82) is 0 Å². The highest BCUT2D eigenvalue weighted by atomic mass is 32.2. The molecule has 1 fully saturated rings. The largest absolute Gasteiger partial charge is 0.377 e. The smallest absolute Gasteiger partial charge is 0.242 e. The molecule has 6 heteroatoms.